The Morgan fingerprint density at radius 2 is 2.28 bits per heavy atom. The Kier molecular flexibility index (Phi) is 4.78. The summed E-state index contributed by atoms with van der Waals surface area (Å²) in [6.45, 7) is 6.99. The lowest BCUT2D eigenvalue weighted by atomic mass is 10.2. The summed E-state index contributed by atoms with van der Waals surface area (Å²) in [5.41, 5.74) is 6.90. The lowest BCUT2D eigenvalue weighted by Crippen LogP contribution is -2.38. The smallest absolute Gasteiger partial charge is 0.270 e. The van der Waals surface area contributed by atoms with Gasteiger partial charge in [-0.2, -0.15) is 5.26 Å². The normalized spacial score (nSPS) is 10.4. The molecule has 1 aromatic heterocycles. The van der Waals surface area contributed by atoms with Crippen molar-refractivity contribution in [3.63, 3.8) is 0 Å². The van der Waals surface area contributed by atoms with Crippen LogP contribution in [0.2, 0.25) is 0 Å². The number of nitriles is 1. The predicted molar refractivity (Wildman–Crippen MR) is 70.9 cm³/mol. The molecule has 0 aromatic carbocycles. The number of carbonyl (C=O) groups excluding carboxylic acids is 1. The molecule has 0 saturated heterocycles. The number of rotatable bonds is 5. The van der Waals surface area contributed by atoms with Crippen LogP contribution in [0.1, 0.15) is 37.7 Å². The van der Waals surface area contributed by atoms with Gasteiger partial charge in [-0.3, -0.25) is 4.79 Å². The summed E-state index contributed by atoms with van der Waals surface area (Å²) in [5, 5.41) is 8.64. The van der Waals surface area contributed by atoms with Crippen molar-refractivity contribution in [3.8, 4) is 6.07 Å². The third kappa shape index (κ3) is 3.04. The van der Waals surface area contributed by atoms with E-state index in [2.05, 4.69) is 6.07 Å². The lowest BCUT2D eigenvalue weighted by molar-refractivity contribution is 0.0699. The van der Waals surface area contributed by atoms with E-state index >= 15 is 0 Å². The Labute approximate surface area is 108 Å². The Morgan fingerprint density at radius 1 is 1.61 bits per heavy atom. The second-order valence-electron chi connectivity index (χ2n) is 4.45. The molecule has 0 fully saturated rings. The molecule has 5 nitrogen and oxygen atoms in total. The van der Waals surface area contributed by atoms with Gasteiger partial charge in [0.25, 0.3) is 5.91 Å². The van der Waals surface area contributed by atoms with E-state index in [0.29, 0.717) is 30.9 Å². The van der Waals surface area contributed by atoms with Crippen LogP contribution in [0.5, 0.6) is 0 Å². The standard InChI is InChI=1S/C13H20N4O/c1-4-16-9-11(15)8-12(16)13(18)17(10(2)3)7-5-6-14/h8-10H,4-5,7,15H2,1-3H3. The van der Waals surface area contributed by atoms with Gasteiger partial charge < -0.3 is 15.2 Å². The Morgan fingerprint density at radius 3 is 2.78 bits per heavy atom. The van der Waals surface area contributed by atoms with Crippen LogP contribution in [0.4, 0.5) is 5.69 Å². The van der Waals surface area contributed by atoms with Gasteiger partial charge in [0.15, 0.2) is 0 Å². The van der Waals surface area contributed by atoms with E-state index in [4.69, 9.17) is 11.0 Å². The fourth-order valence-corrected chi connectivity index (χ4v) is 1.89. The van der Waals surface area contributed by atoms with E-state index < -0.39 is 0 Å². The molecule has 1 rings (SSSR count). The zero-order chi connectivity index (χ0) is 13.7. The van der Waals surface area contributed by atoms with Gasteiger partial charge in [-0.15, -0.1) is 0 Å². The maximum atomic E-state index is 12.4. The van der Waals surface area contributed by atoms with Gasteiger partial charge in [0.05, 0.1) is 18.2 Å². The minimum absolute atomic E-state index is 0.0623. The molecule has 0 aliphatic rings. The lowest BCUT2D eigenvalue weighted by Gasteiger charge is -2.26. The molecule has 0 radical (unpaired) electrons. The molecule has 1 amide bonds. The number of amides is 1. The van der Waals surface area contributed by atoms with E-state index in [1.807, 2.05) is 25.3 Å². The molecular weight excluding hydrogens is 228 g/mol. The van der Waals surface area contributed by atoms with Crippen molar-refractivity contribution in [2.24, 2.45) is 0 Å². The molecule has 1 heterocycles. The molecule has 0 aliphatic carbocycles. The molecule has 0 spiro atoms. The number of nitrogens with two attached hydrogens (primary N) is 1. The van der Waals surface area contributed by atoms with Gasteiger partial charge in [-0.1, -0.05) is 0 Å². The van der Waals surface area contributed by atoms with Crippen molar-refractivity contribution in [1.82, 2.24) is 9.47 Å². The summed E-state index contributed by atoms with van der Waals surface area (Å²) in [4.78, 5) is 14.1. The van der Waals surface area contributed by atoms with Crippen molar-refractivity contribution in [1.29, 1.82) is 5.26 Å². The van der Waals surface area contributed by atoms with Gasteiger partial charge in [-0.25, -0.2) is 0 Å². The summed E-state index contributed by atoms with van der Waals surface area (Å²) in [5.74, 6) is -0.0706. The number of aromatic nitrogens is 1. The van der Waals surface area contributed by atoms with Gasteiger partial charge in [0, 0.05) is 25.3 Å². The van der Waals surface area contributed by atoms with Crippen LogP contribution >= 0.6 is 0 Å². The zero-order valence-electron chi connectivity index (χ0n) is 11.2. The molecule has 98 valence electrons. The van der Waals surface area contributed by atoms with Crippen LogP contribution in [-0.2, 0) is 6.54 Å². The first kappa shape index (κ1) is 14.1. The molecular formula is C13H20N4O. The first-order valence-corrected chi connectivity index (χ1v) is 6.14. The molecule has 0 bridgehead atoms. The van der Waals surface area contributed by atoms with E-state index in [9.17, 15) is 4.79 Å². The second kappa shape index (κ2) is 6.10. The minimum Gasteiger partial charge on any atom is -0.397 e. The van der Waals surface area contributed by atoms with Crippen LogP contribution in [0.25, 0.3) is 0 Å². The molecule has 18 heavy (non-hydrogen) atoms. The van der Waals surface area contributed by atoms with Gasteiger partial charge in [0.1, 0.15) is 5.69 Å². The highest BCUT2D eigenvalue weighted by Crippen LogP contribution is 2.15. The van der Waals surface area contributed by atoms with Crippen molar-refractivity contribution in [3.05, 3.63) is 18.0 Å². The average molecular weight is 248 g/mol. The maximum Gasteiger partial charge on any atom is 0.270 e. The third-order valence-corrected chi connectivity index (χ3v) is 2.83. The molecule has 0 atom stereocenters. The van der Waals surface area contributed by atoms with Crippen LogP contribution < -0.4 is 5.73 Å². The van der Waals surface area contributed by atoms with Gasteiger partial charge >= 0.3 is 0 Å². The number of nitrogen functional groups attached to an aromatic ring is 1. The predicted octanol–water partition coefficient (Wildman–Crippen LogP) is 1.85. The Hall–Kier alpha value is -1.96. The van der Waals surface area contributed by atoms with Gasteiger partial charge in [0.2, 0.25) is 0 Å². The van der Waals surface area contributed by atoms with E-state index in [1.165, 1.54) is 0 Å². The molecule has 0 unspecified atom stereocenters. The summed E-state index contributed by atoms with van der Waals surface area (Å²) in [6.07, 6.45) is 2.10. The summed E-state index contributed by atoms with van der Waals surface area (Å²) in [6, 6.07) is 3.82. The SMILES string of the molecule is CCn1cc(N)cc1C(=O)N(CCC#N)C(C)C. The fourth-order valence-electron chi connectivity index (χ4n) is 1.89. The minimum atomic E-state index is -0.0706. The first-order valence-electron chi connectivity index (χ1n) is 6.14. The van der Waals surface area contributed by atoms with Crippen LogP contribution in [-0.4, -0.2) is 28.0 Å². The number of aryl methyl sites for hydroxylation is 1. The molecule has 0 aliphatic heterocycles. The largest absolute Gasteiger partial charge is 0.397 e. The molecule has 0 saturated carbocycles. The average Bonchev–Trinajstić information content (AvgIpc) is 2.70. The van der Waals surface area contributed by atoms with Crippen molar-refractivity contribution in [2.45, 2.75) is 39.8 Å². The van der Waals surface area contributed by atoms with E-state index in [0.717, 1.165) is 0 Å². The highest BCUT2D eigenvalue weighted by molar-refractivity contribution is 5.94. The number of carbonyl (C=O) groups is 1. The maximum absolute atomic E-state index is 12.4. The third-order valence-electron chi connectivity index (χ3n) is 2.83. The summed E-state index contributed by atoms with van der Waals surface area (Å²) >= 11 is 0. The summed E-state index contributed by atoms with van der Waals surface area (Å²) < 4.78 is 1.83. The van der Waals surface area contributed by atoms with Gasteiger partial charge in [-0.05, 0) is 26.8 Å². The van der Waals surface area contributed by atoms with Crippen LogP contribution in [0.15, 0.2) is 12.3 Å². The summed E-state index contributed by atoms with van der Waals surface area (Å²) in [7, 11) is 0. The number of nitrogens with zero attached hydrogens (tertiary/aromatic N) is 3. The highest BCUT2D eigenvalue weighted by Gasteiger charge is 2.21. The molecule has 5 heteroatoms. The first-order chi connectivity index (χ1) is 8.51. The second-order valence-corrected chi connectivity index (χ2v) is 4.45. The Bertz CT molecular complexity index is 456. The van der Waals surface area contributed by atoms with Crippen molar-refractivity contribution >= 4 is 11.6 Å². The zero-order valence-corrected chi connectivity index (χ0v) is 11.2. The highest BCUT2D eigenvalue weighted by atomic mass is 16.2. The fraction of sp³-hybridized carbons (Fsp3) is 0.538. The van der Waals surface area contributed by atoms with Crippen molar-refractivity contribution < 1.29 is 4.79 Å². The van der Waals surface area contributed by atoms with E-state index in [1.54, 1.807) is 17.2 Å². The molecule has 1 aromatic rings. The number of hydrogen-bond donors (Lipinski definition) is 1. The van der Waals surface area contributed by atoms with Crippen LogP contribution in [0, 0.1) is 11.3 Å². The van der Waals surface area contributed by atoms with Crippen molar-refractivity contribution in [2.75, 3.05) is 12.3 Å². The number of hydrogen-bond acceptors (Lipinski definition) is 3. The Balaban J connectivity index is 2.98. The number of anilines is 1. The topological polar surface area (TPSA) is 75.0 Å². The molecule has 2 N–H and O–H groups in total. The quantitative estimate of drug-likeness (QED) is 0.864. The monoisotopic (exact) mass is 248 g/mol. The van der Waals surface area contributed by atoms with Crippen LogP contribution in [0.3, 0.4) is 0 Å². The van der Waals surface area contributed by atoms with E-state index in [-0.39, 0.29) is 11.9 Å².